The van der Waals surface area contributed by atoms with Crippen LogP contribution in [-0.2, 0) is 6.42 Å². The van der Waals surface area contributed by atoms with Gasteiger partial charge in [0, 0.05) is 13.6 Å². The number of amides is 1. The Kier molecular flexibility index (Phi) is 4.21. The summed E-state index contributed by atoms with van der Waals surface area (Å²) in [6.45, 7) is 4.79. The number of hydrogen-bond donors (Lipinski definition) is 0. The SMILES string of the molecule is CCCN(C)C(=O)c1ccc(CC)nn1. The second-order valence-electron chi connectivity index (χ2n) is 3.49. The molecule has 0 N–H and O–H groups in total. The average molecular weight is 207 g/mol. The highest BCUT2D eigenvalue weighted by molar-refractivity contribution is 5.91. The molecule has 4 nitrogen and oxygen atoms in total. The van der Waals surface area contributed by atoms with Gasteiger partial charge in [-0.15, -0.1) is 5.10 Å². The van der Waals surface area contributed by atoms with Gasteiger partial charge < -0.3 is 4.90 Å². The van der Waals surface area contributed by atoms with E-state index >= 15 is 0 Å². The van der Waals surface area contributed by atoms with Crippen molar-refractivity contribution in [2.24, 2.45) is 0 Å². The average Bonchev–Trinajstić information content (AvgIpc) is 2.28. The fraction of sp³-hybridized carbons (Fsp3) is 0.545. The molecule has 0 radical (unpaired) electrons. The first-order chi connectivity index (χ1) is 7.19. The van der Waals surface area contributed by atoms with Crippen molar-refractivity contribution in [3.63, 3.8) is 0 Å². The van der Waals surface area contributed by atoms with Gasteiger partial charge in [0.2, 0.25) is 0 Å². The Hall–Kier alpha value is -1.45. The Morgan fingerprint density at radius 2 is 2.07 bits per heavy atom. The molecule has 0 aromatic carbocycles. The summed E-state index contributed by atoms with van der Waals surface area (Å²) >= 11 is 0. The Balaban J connectivity index is 2.73. The molecule has 1 amide bonds. The van der Waals surface area contributed by atoms with Gasteiger partial charge in [-0.2, -0.15) is 5.10 Å². The van der Waals surface area contributed by atoms with Crippen molar-refractivity contribution in [2.75, 3.05) is 13.6 Å². The van der Waals surface area contributed by atoms with E-state index < -0.39 is 0 Å². The van der Waals surface area contributed by atoms with Crippen molar-refractivity contribution in [2.45, 2.75) is 26.7 Å². The summed E-state index contributed by atoms with van der Waals surface area (Å²) in [5.74, 6) is -0.0630. The maximum absolute atomic E-state index is 11.8. The zero-order valence-corrected chi connectivity index (χ0v) is 9.53. The maximum Gasteiger partial charge on any atom is 0.274 e. The standard InChI is InChI=1S/C11H17N3O/c1-4-8-14(3)11(15)10-7-6-9(5-2)12-13-10/h6-7H,4-5,8H2,1-3H3. The minimum Gasteiger partial charge on any atom is -0.340 e. The lowest BCUT2D eigenvalue weighted by atomic mass is 10.2. The van der Waals surface area contributed by atoms with Crippen LogP contribution in [0.4, 0.5) is 0 Å². The predicted octanol–water partition coefficient (Wildman–Crippen LogP) is 1.52. The molecular formula is C11H17N3O. The van der Waals surface area contributed by atoms with E-state index in [1.807, 2.05) is 19.9 Å². The van der Waals surface area contributed by atoms with Crippen molar-refractivity contribution in [1.82, 2.24) is 15.1 Å². The van der Waals surface area contributed by atoms with Crippen LogP contribution in [-0.4, -0.2) is 34.6 Å². The number of nitrogens with zero attached hydrogens (tertiary/aromatic N) is 3. The lowest BCUT2D eigenvalue weighted by Crippen LogP contribution is -2.28. The minimum absolute atomic E-state index is 0.0630. The molecule has 4 heteroatoms. The van der Waals surface area contributed by atoms with Gasteiger partial charge in [0.1, 0.15) is 0 Å². The van der Waals surface area contributed by atoms with Gasteiger partial charge in [-0.3, -0.25) is 4.79 Å². The normalized spacial score (nSPS) is 10.1. The lowest BCUT2D eigenvalue weighted by Gasteiger charge is -2.14. The van der Waals surface area contributed by atoms with Gasteiger partial charge in [-0.25, -0.2) is 0 Å². The number of carbonyl (C=O) groups is 1. The second kappa shape index (κ2) is 5.44. The van der Waals surface area contributed by atoms with Crippen molar-refractivity contribution in [3.8, 4) is 0 Å². The van der Waals surface area contributed by atoms with Gasteiger partial charge in [-0.1, -0.05) is 13.8 Å². The fourth-order valence-electron chi connectivity index (χ4n) is 1.30. The molecule has 1 aromatic rings. The molecule has 15 heavy (non-hydrogen) atoms. The van der Waals surface area contributed by atoms with Crippen LogP contribution in [0.1, 0.15) is 36.5 Å². The highest BCUT2D eigenvalue weighted by atomic mass is 16.2. The molecule has 0 aliphatic rings. The first kappa shape index (κ1) is 11.6. The zero-order valence-electron chi connectivity index (χ0n) is 9.53. The highest BCUT2D eigenvalue weighted by Gasteiger charge is 2.12. The van der Waals surface area contributed by atoms with Crippen LogP contribution in [0.3, 0.4) is 0 Å². The largest absolute Gasteiger partial charge is 0.340 e. The predicted molar refractivity (Wildman–Crippen MR) is 58.7 cm³/mol. The number of aromatic nitrogens is 2. The first-order valence-electron chi connectivity index (χ1n) is 5.27. The fourth-order valence-corrected chi connectivity index (χ4v) is 1.30. The topological polar surface area (TPSA) is 46.1 Å². The van der Waals surface area contributed by atoms with E-state index in [-0.39, 0.29) is 5.91 Å². The molecule has 1 aromatic heterocycles. The Morgan fingerprint density at radius 1 is 1.33 bits per heavy atom. The van der Waals surface area contributed by atoms with Crippen LogP contribution in [0.5, 0.6) is 0 Å². The van der Waals surface area contributed by atoms with Crippen LogP contribution in [0.25, 0.3) is 0 Å². The quantitative estimate of drug-likeness (QED) is 0.752. The molecule has 0 unspecified atom stereocenters. The molecule has 1 rings (SSSR count). The van der Waals surface area contributed by atoms with E-state index in [0.717, 1.165) is 25.1 Å². The molecule has 0 aliphatic heterocycles. The van der Waals surface area contributed by atoms with Crippen LogP contribution in [0.2, 0.25) is 0 Å². The van der Waals surface area contributed by atoms with Gasteiger partial charge in [0.05, 0.1) is 5.69 Å². The van der Waals surface area contributed by atoms with Gasteiger partial charge in [0.15, 0.2) is 5.69 Å². The van der Waals surface area contributed by atoms with Crippen LogP contribution >= 0.6 is 0 Å². The molecule has 0 fully saturated rings. The first-order valence-corrected chi connectivity index (χ1v) is 5.27. The van der Waals surface area contributed by atoms with Crippen LogP contribution in [0.15, 0.2) is 12.1 Å². The third-order valence-electron chi connectivity index (χ3n) is 2.21. The molecule has 1 heterocycles. The smallest absolute Gasteiger partial charge is 0.274 e. The van der Waals surface area contributed by atoms with Crippen molar-refractivity contribution < 1.29 is 4.79 Å². The molecule has 0 atom stereocenters. The monoisotopic (exact) mass is 207 g/mol. The minimum atomic E-state index is -0.0630. The number of rotatable bonds is 4. The van der Waals surface area contributed by atoms with Gasteiger partial charge >= 0.3 is 0 Å². The number of aryl methyl sites for hydroxylation is 1. The van der Waals surface area contributed by atoms with E-state index in [4.69, 9.17) is 0 Å². The molecule has 0 aliphatic carbocycles. The molecule has 0 bridgehead atoms. The lowest BCUT2D eigenvalue weighted by molar-refractivity contribution is 0.0788. The van der Waals surface area contributed by atoms with Crippen LogP contribution in [0, 0.1) is 0 Å². The summed E-state index contributed by atoms with van der Waals surface area (Å²) in [6.07, 6.45) is 1.79. The Labute approximate surface area is 90.3 Å². The third kappa shape index (κ3) is 3.01. The molecule has 0 saturated heterocycles. The summed E-state index contributed by atoms with van der Waals surface area (Å²) in [6, 6.07) is 3.58. The summed E-state index contributed by atoms with van der Waals surface area (Å²) < 4.78 is 0. The molecule has 0 saturated carbocycles. The third-order valence-corrected chi connectivity index (χ3v) is 2.21. The highest BCUT2D eigenvalue weighted by Crippen LogP contribution is 2.01. The van der Waals surface area contributed by atoms with E-state index in [1.54, 1.807) is 18.0 Å². The van der Waals surface area contributed by atoms with Crippen molar-refractivity contribution in [3.05, 3.63) is 23.5 Å². The number of hydrogen-bond acceptors (Lipinski definition) is 3. The zero-order chi connectivity index (χ0) is 11.3. The maximum atomic E-state index is 11.8. The Bertz CT molecular complexity index is 321. The van der Waals surface area contributed by atoms with E-state index in [9.17, 15) is 4.79 Å². The molecular weight excluding hydrogens is 190 g/mol. The van der Waals surface area contributed by atoms with E-state index in [2.05, 4.69) is 10.2 Å². The van der Waals surface area contributed by atoms with Crippen molar-refractivity contribution in [1.29, 1.82) is 0 Å². The molecule has 0 spiro atoms. The summed E-state index contributed by atoms with van der Waals surface area (Å²) in [5, 5.41) is 7.87. The van der Waals surface area contributed by atoms with E-state index in [0.29, 0.717) is 5.69 Å². The summed E-state index contributed by atoms with van der Waals surface area (Å²) in [5.41, 5.74) is 1.33. The summed E-state index contributed by atoms with van der Waals surface area (Å²) in [7, 11) is 1.78. The second-order valence-corrected chi connectivity index (χ2v) is 3.49. The number of carbonyl (C=O) groups excluding carboxylic acids is 1. The summed E-state index contributed by atoms with van der Waals surface area (Å²) in [4.78, 5) is 13.4. The van der Waals surface area contributed by atoms with E-state index in [1.165, 1.54) is 0 Å². The van der Waals surface area contributed by atoms with Crippen LogP contribution < -0.4 is 0 Å². The van der Waals surface area contributed by atoms with Crippen molar-refractivity contribution >= 4 is 5.91 Å². The Morgan fingerprint density at radius 3 is 2.53 bits per heavy atom. The van der Waals surface area contributed by atoms with Gasteiger partial charge in [-0.05, 0) is 25.0 Å². The molecule has 82 valence electrons. The van der Waals surface area contributed by atoms with Gasteiger partial charge in [0.25, 0.3) is 5.91 Å².